The highest BCUT2D eigenvalue weighted by Gasteiger charge is 2.14. The minimum Gasteiger partial charge on any atom is -0.291 e. The van der Waals surface area contributed by atoms with Gasteiger partial charge < -0.3 is 0 Å². The van der Waals surface area contributed by atoms with Gasteiger partial charge >= 0.3 is 0 Å². The van der Waals surface area contributed by atoms with Gasteiger partial charge in [0.05, 0.1) is 11.5 Å². The van der Waals surface area contributed by atoms with Crippen molar-refractivity contribution in [3.8, 4) is 0 Å². The zero-order valence-electron chi connectivity index (χ0n) is 18.9. The Labute approximate surface area is 184 Å². The van der Waals surface area contributed by atoms with Crippen molar-refractivity contribution in [1.82, 2.24) is 0 Å². The van der Waals surface area contributed by atoms with Crippen molar-refractivity contribution in [3.05, 3.63) is 29.8 Å². The molecule has 4 nitrogen and oxygen atoms in total. The number of hydrogen-bond acceptors (Lipinski definition) is 4. The molecule has 0 saturated carbocycles. The van der Waals surface area contributed by atoms with Crippen LogP contribution in [-0.4, -0.2) is 21.3 Å². The molecule has 0 unspecified atom stereocenters. The monoisotopic (exact) mass is 437 g/mol. The average molecular weight is 438 g/mol. The van der Waals surface area contributed by atoms with E-state index >= 15 is 0 Å². The van der Waals surface area contributed by atoms with E-state index in [-0.39, 0.29) is 11.5 Å². The first-order valence-corrected chi connectivity index (χ1v) is 13.3. The summed E-state index contributed by atoms with van der Waals surface area (Å²) in [4.78, 5) is 10.3. The fourth-order valence-corrected chi connectivity index (χ4v) is 4.48. The summed E-state index contributed by atoms with van der Waals surface area (Å²) >= 11 is 0. The van der Waals surface area contributed by atoms with E-state index in [4.69, 9.17) is 4.18 Å². The minimum atomic E-state index is -3.61. The van der Waals surface area contributed by atoms with Gasteiger partial charge in [-0.05, 0) is 31.9 Å². The zero-order chi connectivity index (χ0) is 21.9. The van der Waals surface area contributed by atoms with Gasteiger partial charge in [-0.15, -0.1) is 0 Å². The van der Waals surface area contributed by atoms with Crippen molar-refractivity contribution in [3.63, 3.8) is 0 Å². The predicted octanol–water partition coefficient (Wildman–Crippen LogP) is 7.05. The molecule has 0 heterocycles. The number of rotatable bonds is 20. The maximum Gasteiger partial charge on any atom is 0.296 e. The summed E-state index contributed by atoms with van der Waals surface area (Å²) in [7, 11) is -3.61. The Morgan fingerprint density at radius 3 is 1.50 bits per heavy atom. The summed E-state index contributed by atoms with van der Waals surface area (Å²) in [5.41, 5.74) is 1.03. The lowest BCUT2D eigenvalue weighted by atomic mass is 10.0. The largest absolute Gasteiger partial charge is 0.296 e. The summed E-state index contributed by atoms with van der Waals surface area (Å²) < 4.78 is 29.3. The molecule has 1 rings (SSSR count). The summed E-state index contributed by atoms with van der Waals surface area (Å²) in [6.07, 6.45) is 20.7. The van der Waals surface area contributed by atoms with Crippen LogP contribution >= 0.6 is 0 Å². The lowest BCUT2D eigenvalue weighted by molar-refractivity contribution is 0.306. The van der Waals surface area contributed by atoms with E-state index in [1.807, 2.05) is 13.2 Å². The molecule has 0 fully saturated rings. The lowest BCUT2D eigenvalue weighted by Crippen LogP contribution is -2.07. The molecular weight excluding hydrogens is 396 g/mol. The van der Waals surface area contributed by atoms with E-state index < -0.39 is 10.1 Å². The Morgan fingerprint density at radius 1 is 0.667 bits per heavy atom. The Balaban J connectivity index is 1.84. The summed E-state index contributed by atoms with van der Waals surface area (Å²) in [6.45, 7) is 2.20. The molecule has 0 saturated heterocycles. The van der Waals surface area contributed by atoms with E-state index in [1.54, 1.807) is 24.3 Å². The van der Waals surface area contributed by atoms with Crippen molar-refractivity contribution in [2.75, 3.05) is 6.61 Å². The topological polar surface area (TPSA) is 60.4 Å². The molecule has 0 amide bonds. The maximum absolute atomic E-state index is 12.1. The molecule has 1 aromatic carbocycles. The van der Waals surface area contributed by atoms with E-state index in [2.05, 4.69) is 0 Å². The first-order valence-electron chi connectivity index (χ1n) is 11.9. The van der Waals surface area contributed by atoms with Crippen molar-refractivity contribution in [1.29, 1.82) is 0 Å². The second-order valence-electron chi connectivity index (χ2n) is 8.29. The molecule has 5 heteroatoms. The van der Waals surface area contributed by atoms with Crippen LogP contribution in [-0.2, 0) is 19.1 Å². The van der Waals surface area contributed by atoms with Crippen molar-refractivity contribution in [2.45, 2.75) is 115 Å². The van der Waals surface area contributed by atoms with Crippen LogP contribution in [0.3, 0.4) is 0 Å². The maximum atomic E-state index is 12.1. The number of carbonyl (C=O) groups excluding carboxylic acids is 1. The third kappa shape index (κ3) is 13.9. The Bertz CT molecular complexity index is 638. The van der Waals surface area contributed by atoms with E-state index in [0.717, 1.165) is 31.2 Å². The highest BCUT2D eigenvalue weighted by Crippen LogP contribution is 2.15. The van der Waals surface area contributed by atoms with E-state index in [9.17, 15) is 13.2 Å². The second kappa shape index (κ2) is 17.5. The molecule has 0 aromatic heterocycles. The highest BCUT2D eigenvalue weighted by molar-refractivity contribution is 7.86. The fraction of sp³-hybridized carbons (Fsp3) is 0.720. The minimum absolute atomic E-state index is 0.237. The first kappa shape index (κ1) is 26.8. The fourth-order valence-electron chi connectivity index (χ4n) is 3.54. The number of hydrogen-bond donors (Lipinski definition) is 0. The van der Waals surface area contributed by atoms with Crippen LogP contribution in [0.1, 0.15) is 108 Å². The smallest absolute Gasteiger partial charge is 0.291 e. The third-order valence-corrected chi connectivity index (χ3v) is 6.80. The number of unbranched alkanes of at least 4 members (excludes halogenated alkanes) is 15. The van der Waals surface area contributed by atoms with Gasteiger partial charge in [-0.3, -0.25) is 8.98 Å². The van der Waals surface area contributed by atoms with Gasteiger partial charge in [0.2, 0.25) is 0 Å². The average Bonchev–Trinajstić information content (AvgIpc) is 2.73. The van der Waals surface area contributed by atoms with Gasteiger partial charge in [0.1, 0.15) is 0 Å². The highest BCUT2D eigenvalue weighted by atomic mass is 32.2. The van der Waals surface area contributed by atoms with Gasteiger partial charge in [-0.25, -0.2) is 0 Å². The van der Waals surface area contributed by atoms with Crippen molar-refractivity contribution < 1.29 is 17.4 Å². The molecule has 0 spiro atoms. The quantitative estimate of drug-likeness (QED) is 0.162. The molecular formula is C25H41O4S. The Kier molecular flexibility index (Phi) is 15.6. The molecule has 0 aliphatic rings. The van der Waals surface area contributed by atoms with Gasteiger partial charge in [-0.2, -0.15) is 8.42 Å². The first-order chi connectivity index (χ1) is 14.6. The SMILES string of the molecule is Cc1ccc(S(=O)(=O)OCCCCCCCCCCCCCCCCC[C]=O)cc1. The second-order valence-corrected chi connectivity index (χ2v) is 9.90. The number of benzene rings is 1. The molecule has 0 atom stereocenters. The summed E-state index contributed by atoms with van der Waals surface area (Å²) in [5, 5.41) is 0. The normalized spacial score (nSPS) is 11.6. The van der Waals surface area contributed by atoms with Crippen LogP contribution in [0, 0.1) is 6.92 Å². The van der Waals surface area contributed by atoms with Crippen molar-refractivity contribution >= 4 is 16.4 Å². The Morgan fingerprint density at radius 2 is 1.07 bits per heavy atom. The number of aryl methyl sites for hydroxylation is 1. The molecule has 0 aliphatic heterocycles. The van der Waals surface area contributed by atoms with Crippen LogP contribution in [0.15, 0.2) is 29.2 Å². The molecule has 1 radical (unpaired) electrons. The van der Waals surface area contributed by atoms with Gasteiger partial charge in [0.25, 0.3) is 10.1 Å². The van der Waals surface area contributed by atoms with Crippen LogP contribution in [0.4, 0.5) is 0 Å². The van der Waals surface area contributed by atoms with Crippen LogP contribution in [0.2, 0.25) is 0 Å². The van der Waals surface area contributed by atoms with Crippen LogP contribution in [0.25, 0.3) is 0 Å². The molecule has 0 aliphatic carbocycles. The Hall–Kier alpha value is -1.20. The third-order valence-electron chi connectivity index (χ3n) is 5.47. The van der Waals surface area contributed by atoms with Crippen LogP contribution in [0.5, 0.6) is 0 Å². The van der Waals surface area contributed by atoms with E-state index in [0.29, 0.717) is 6.42 Å². The van der Waals surface area contributed by atoms with Crippen molar-refractivity contribution in [2.24, 2.45) is 0 Å². The zero-order valence-corrected chi connectivity index (χ0v) is 19.7. The molecule has 30 heavy (non-hydrogen) atoms. The predicted molar refractivity (Wildman–Crippen MR) is 124 cm³/mol. The lowest BCUT2D eigenvalue weighted by Gasteiger charge is -2.06. The summed E-state index contributed by atoms with van der Waals surface area (Å²) in [5.74, 6) is 0. The summed E-state index contributed by atoms with van der Waals surface area (Å²) in [6, 6.07) is 6.77. The van der Waals surface area contributed by atoms with Gasteiger partial charge in [0, 0.05) is 6.42 Å². The van der Waals surface area contributed by atoms with Gasteiger partial charge in [0.15, 0.2) is 6.29 Å². The van der Waals surface area contributed by atoms with Gasteiger partial charge in [-0.1, -0.05) is 101 Å². The molecule has 0 bridgehead atoms. The van der Waals surface area contributed by atoms with E-state index in [1.165, 1.54) is 70.6 Å². The van der Waals surface area contributed by atoms with Crippen LogP contribution < -0.4 is 0 Å². The molecule has 171 valence electrons. The standard InChI is InChI=1S/C25H41O4S/c1-24-18-20-25(21-19-24)30(27,28)29-23-17-15-13-11-9-7-5-3-2-4-6-8-10-12-14-16-22-26/h18-21H,2-17,23H2,1H3. The molecule has 0 N–H and O–H groups in total. The molecule has 1 aromatic rings.